The summed E-state index contributed by atoms with van der Waals surface area (Å²) in [5.41, 5.74) is 1.52. The molecule has 2 aromatic carbocycles. The number of rotatable bonds is 4. The number of benzene rings is 2. The maximum absolute atomic E-state index is 13.5. The van der Waals surface area contributed by atoms with E-state index in [9.17, 15) is 9.59 Å². The summed E-state index contributed by atoms with van der Waals surface area (Å²) in [5, 5.41) is 3.06. The maximum Gasteiger partial charge on any atom is 0.254 e. The van der Waals surface area contributed by atoms with Crippen LogP contribution in [0.25, 0.3) is 0 Å². The summed E-state index contributed by atoms with van der Waals surface area (Å²) in [6.45, 7) is 3.36. The van der Waals surface area contributed by atoms with Crippen LogP contribution < -0.4 is 5.32 Å². The Morgan fingerprint density at radius 1 is 0.933 bits per heavy atom. The van der Waals surface area contributed by atoms with Crippen molar-refractivity contribution in [3.8, 4) is 0 Å². The van der Waals surface area contributed by atoms with E-state index in [2.05, 4.69) is 21.2 Å². The Hall–Kier alpha value is -2.22. The fourth-order valence-electron chi connectivity index (χ4n) is 4.07. The van der Waals surface area contributed by atoms with Crippen molar-refractivity contribution in [1.29, 1.82) is 0 Å². The number of nitrogens with one attached hydrogen (secondary N) is 1. The smallest absolute Gasteiger partial charge is 0.254 e. The number of carbonyl (C=O) groups is 2. The molecule has 2 saturated heterocycles. The molecule has 7 heteroatoms. The van der Waals surface area contributed by atoms with E-state index in [0.717, 1.165) is 10.0 Å². The van der Waals surface area contributed by atoms with Gasteiger partial charge in [-0.05, 0) is 48.7 Å². The molecule has 0 radical (unpaired) electrons. The van der Waals surface area contributed by atoms with Gasteiger partial charge in [0.15, 0.2) is 0 Å². The van der Waals surface area contributed by atoms with Gasteiger partial charge in [0.2, 0.25) is 5.91 Å². The van der Waals surface area contributed by atoms with Crippen molar-refractivity contribution >= 4 is 33.4 Å². The summed E-state index contributed by atoms with van der Waals surface area (Å²) in [7, 11) is 0. The van der Waals surface area contributed by atoms with Gasteiger partial charge in [-0.25, -0.2) is 0 Å². The molecule has 0 spiro atoms. The molecule has 0 atom stereocenters. The predicted molar refractivity (Wildman–Crippen MR) is 118 cm³/mol. The molecular formula is C23H25BrN2O4. The fraction of sp³-hybridized carbons (Fsp3) is 0.391. The third-order valence-corrected chi connectivity index (χ3v) is 6.37. The van der Waals surface area contributed by atoms with E-state index in [1.165, 1.54) is 0 Å². The number of halogens is 1. The molecular weight excluding hydrogens is 448 g/mol. The van der Waals surface area contributed by atoms with Crippen molar-refractivity contribution in [3.63, 3.8) is 0 Å². The highest BCUT2D eigenvalue weighted by molar-refractivity contribution is 9.10. The van der Waals surface area contributed by atoms with Crippen LogP contribution in [0.4, 0.5) is 5.69 Å². The van der Waals surface area contributed by atoms with Crippen molar-refractivity contribution in [2.45, 2.75) is 18.3 Å². The number of ether oxygens (including phenoxy) is 2. The minimum atomic E-state index is -0.650. The first kappa shape index (κ1) is 21.0. The van der Waals surface area contributed by atoms with Crippen molar-refractivity contribution < 1.29 is 19.1 Å². The zero-order valence-corrected chi connectivity index (χ0v) is 18.3. The number of anilines is 1. The minimum Gasteiger partial charge on any atom is -0.381 e. The fourth-order valence-corrected chi connectivity index (χ4v) is 4.33. The average Bonchev–Trinajstić information content (AvgIpc) is 2.80. The van der Waals surface area contributed by atoms with Crippen LogP contribution in [-0.4, -0.2) is 56.2 Å². The van der Waals surface area contributed by atoms with Crippen LogP contribution in [0, 0.1) is 0 Å². The largest absolute Gasteiger partial charge is 0.381 e. The van der Waals surface area contributed by atoms with Gasteiger partial charge in [-0.1, -0.05) is 34.1 Å². The van der Waals surface area contributed by atoms with Gasteiger partial charge in [0.05, 0.1) is 18.6 Å². The molecule has 30 heavy (non-hydrogen) atoms. The van der Waals surface area contributed by atoms with Crippen molar-refractivity contribution in [3.05, 3.63) is 64.1 Å². The molecule has 2 aromatic rings. The highest BCUT2D eigenvalue weighted by atomic mass is 79.9. The van der Waals surface area contributed by atoms with Crippen molar-refractivity contribution in [1.82, 2.24) is 4.90 Å². The summed E-state index contributed by atoms with van der Waals surface area (Å²) in [4.78, 5) is 28.0. The Morgan fingerprint density at radius 2 is 1.60 bits per heavy atom. The number of hydrogen-bond donors (Lipinski definition) is 1. The molecule has 0 aliphatic carbocycles. The van der Waals surface area contributed by atoms with Gasteiger partial charge >= 0.3 is 0 Å². The molecule has 6 nitrogen and oxygen atoms in total. The molecule has 2 heterocycles. The monoisotopic (exact) mass is 472 g/mol. The van der Waals surface area contributed by atoms with Gasteiger partial charge < -0.3 is 19.7 Å². The number of amides is 2. The number of morpholine rings is 1. The van der Waals surface area contributed by atoms with Gasteiger partial charge in [-0.2, -0.15) is 0 Å². The Morgan fingerprint density at radius 3 is 2.30 bits per heavy atom. The van der Waals surface area contributed by atoms with E-state index in [4.69, 9.17) is 9.47 Å². The van der Waals surface area contributed by atoms with Crippen LogP contribution in [0.15, 0.2) is 53.0 Å². The molecule has 2 aliphatic rings. The second kappa shape index (κ2) is 9.29. The van der Waals surface area contributed by atoms with Crippen LogP contribution in [0.3, 0.4) is 0 Å². The highest BCUT2D eigenvalue weighted by Crippen LogP contribution is 2.36. The number of carbonyl (C=O) groups excluding carboxylic acids is 2. The number of hydrogen-bond acceptors (Lipinski definition) is 4. The van der Waals surface area contributed by atoms with E-state index in [-0.39, 0.29) is 11.8 Å². The molecule has 0 bridgehead atoms. The Balaban J connectivity index is 1.55. The minimum absolute atomic E-state index is 0.0388. The predicted octanol–water partition coefficient (Wildman–Crippen LogP) is 3.61. The molecule has 2 amide bonds. The summed E-state index contributed by atoms with van der Waals surface area (Å²) in [6.07, 6.45) is 1.24. The van der Waals surface area contributed by atoms with Crippen LogP contribution in [0.2, 0.25) is 0 Å². The summed E-state index contributed by atoms with van der Waals surface area (Å²) in [5.74, 6) is -0.104. The molecule has 2 aliphatic heterocycles. The van der Waals surface area contributed by atoms with Crippen LogP contribution in [-0.2, 0) is 19.7 Å². The second-order valence-corrected chi connectivity index (χ2v) is 8.56. The Bertz CT molecular complexity index is 904. The second-order valence-electron chi connectivity index (χ2n) is 7.64. The van der Waals surface area contributed by atoms with Crippen molar-refractivity contribution in [2.24, 2.45) is 0 Å². The van der Waals surface area contributed by atoms with Gasteiger partial charge in [-0.3, -0.25) is 9.59 Å². The maximum atomic E-state index is 13.5. The lowest BCUT2D eigenvalue weighted by atomic mass is 9.73. The van der Waals surface area contributed by atoms with E-state index >= 15 is 0 Å². The SMILES string of the molecule is O=C(c1cccc(NC(=O)C2(c3ccc(Br)cc3)CCOCC2)c1)N1CCOCC1. The topological polar surface area (TPSA) is 67.9 Å². The summed E-state index contributed by atoms with van der Waals surface area (Å²) in [6, 6.07) is 15.1. The van der Waals surface area contributed by atoms with E-state index in [1.54, 1.807) is 23.1 Å². The third-order valence-electron chi connectivity index (χ3n) is 5.84. The van der Waals surface area contributed by atoms with Gasteiger partial charge in [0.25, 0.3) is 5.91 Å². The quantitative estimate of drug-likeness (QED) is 0.737. The van der Waals surface area contributed by atoms with Crippen LogP contribution >= 0.6 is 15.9 Å². The molecule has 0 saturated carbocycles. The van der Waals surface area contributed by atoms with Gasteiger partial charge in [0.1, 0.15) is 0 Å². The summed E-state index contributed by atoms with van der Waals surface area (Å²) >= 11 is 3.46. The number of nitrogens with zero attached hydrogens (tertiary/aromatic N) is 1. The first-order valence-electron chi connectivity index (χ1n) is 10.2. The molecule has 4 rings (SSSR count). The molecule has 1 N–H and O–H groups in total. The highest BCUT2D eigenvalue weighted by Gasteiger charge is 2.41. The van der Waals surface area contributed by atoms with Gasteiger partial charge in [-0.15, -0.1) is 0 Å². The van der Waals surface area contributed by atoms with E-state index in [0.29, 0.717) is 63.6 Å². The first-order chi connectivity index (χ1) is 14.6. The molecule has 2 fully saturated rings. The van der Waals surface area contributed by atoms with Crippen LogP contribution in [0.5, 0.6) is 0 Å². The zero-order valence-electron chi connectivity index (χ0n) is 16.7. The first-order valence-corrected chi connectivity index (χ1v) is 11.0. The third kappa shape index (κ3) is 4.43. The normalized spacial score (nSPS) is 18.6. The lowest BCUT2D eigenvalue weighted by molar-refractivity contribution is -0.125. The summed E-state index contributed by atoms with van der Waals surface area (Å²) < 4.78 is 11.8. The zero-order chi connectivity index (χ0) is 21.0. The molecule has 0 aromatic heterocycles. The van der Waals surface area contributed by atoms with Gasteiger partial charge in [0, 0.05) is 42.0 Å². The van der Waals surface area contributed by atoms with E-state index < -0.39 is 5.41 Å². The average molecular weight is 473 g/mol. The lowest BCUT2D eigenvalue weighted by Gasteiger charge is -2.36. The van der Waals surface area contributed by atoms with Crippen LogP contribution in [0.1, 0.15) is 28.8 Å². The lowest BCUT2D eigenvalue weighted by Crippen LogP contribution is -2.45. The van der Waals surface area contributed by atoms with E-state index in [1.807, 2.05) is 30.3 Å². The molecule has 0 unspecified atom stereocenters. The molecule has 158 valence electrons. The standard InChI is InChI=1S/C23H25BrN2O4/c24-19-6-4-18(5-7-19)23(8-12-29-13-9-23)22(28)25-20-3-1-2-17(16-20)21(27)26-10-14-30-15-11-26/h1-7,16H,8-15H2,(H,25,28). The Labute approximate surface area is 184 Å². The Kier molecular flexibility index (Phi) is 6.51. The van der Waals surface area contributed by atoms with Crippen molar-refractivity contribution in [2.75, 3.05) is 44.8 Å².